The van der Waals surface area contributed by atoms with Gasteiger partial charge in [0.2, 0.25) is 10.0 Å². The quantitative estimate of drug-likeness (QED) is 0.874. The van der Waals surface area contributed by atoms with Gasteiger partial charge >= 0.3 is 6.18 Å². The van der Waals surface area contributed by atoms with Gasteiger partial charge in [-0.05, 0) is 31.0 Å². The van der Waals surface area contributed by atoms with E-state index in [0.29, 0.717) is 6.42 Å². The van der Waals surface area contributed by atoms with Gasteiger partial charge in [-0.15, -0.1) is 0 Å². The van der Waals surface area contributed by atoms with Crippen LogP contribution in [0.2, 0.25) is 0 Å². The molecule has 1 aromatic carbocycles. The van der Waals surface area contributed by atoms with Gasteiger partial charge in [-0.3, -0.25) is 0 Å². The molecule has 1 rings (SSSR count). The monoisotopic (exact) mass is 324 g/mol. The minimum Gasteiger partial charge on any atom is -0.329 e. The van der Waals surface area contributed by atoms with Crippen LogP contribution in [0.5, 0.6) is 0 Å². The van der Waals surface area contributed by atoms with Crippen LogP contribution in [-0.2, 0) is 16.2 Å². The zero-order chi connectivity index (χ0) is 16.3. The van der Waals surface area contributed by atoms with Crippen LogP contribution in [0.4, 0.5) is 13.2 Å². The third-order valence-corrected chi connectivity index (χ3v) is 5.10. The van der Waals surface area contributed by atoms with E-state index in [1.807, 2.05) is 0 Å². The lowest BCUT2D eigenvalue weighted by molar-refractivity contribution is -0.138. The Morgan fingerprint density at radius 2 is 1.86 bits per heavy atom. The number of nitrogens with two attached hydrogens (primary N) is 1. The number of hydrogen-bond acceptors (Lipinski definition) is 3. The molecular formula is C13H19F3N2O2S. The first-order valence-corrected chi connectivity index (χ1v) is 7.97. The fourth-order valence-electron chi connectivity index (χ4n) is 2.09. The number of sulfonamides is 1. The van der Waals surface area contributed by atoms with Crippen LogP contribution in [0.1, 0.15) is 24.5 Å². The van der Waals surface area contributed by atoms with Crippen LogP contribution in [0.15, 0.2) is 23.1 Å². The molecule has 2 N–H and O–H groups in total. The maximum Gasteiger partial charge on any atom is 0.416 e. The minimum atomic E-state index is -4.58. The molecule has 4 nitrogen and oxygen atoms in total. The van der Waals surface area contributed by atoms with Crippen molar-refractivity contribution in [1.29, 1.82) is 0 Å². The van der Waals surface area contributed by atoms with Gasteiger partial charge < -0.3 is 5.73 Å². The standard InChI is InChI=1S/C13H19F3N2O2S/c1-3-8-18(9-7-17)21(19,20)12-6-4-5-11(10(12)2)13(14,15)16/h4-6H,3,7-9,17H2,1-2H3. The maximum absolute atomic E-state index is 12.9. The van der Waals surface area contributed by atoms with Crippen LogP contribution < -0.4 is 5.73 Å². The third kappa shape index (κ3) is 3.96. The predicted octanol–water partition coefficient (Wildman–Crippen LogP) is 2.37. The van der Waals surface area contributed by atoms with Crippen LogP contribution in [0.25, 0.3) is 0 Å². The highest BCUT2D eigenvalue weighted by Crippen LogP contribution is 2.34. The zero-order valence-corrected chi connectivity index (χ0v) is 12.8. The van der Waals surface area contributed by atoms with Crippen molar-refractivity contribution >= 4 is 10.0 Å². The van der Waals surface area contributed by atoms with Crippen LogP contribution in [0.3, 0.4) is 0 Å². The molecule has 0 spiro atoms. The van der Waals surface area contributed by atoms with E-state index in [1.165, 1.54) is 13.0 Å². The maximum atomic E-state index is 12.9. The van der Waals surface area contributed by atoms with E-state index >= 15 is 0 Å². The van der Waals surface area contributed by atoms with Gasteiger partial charge in [-0.1, -0.05) is 13.0 Å². The molecule has 0 atom stereocenters. The molecule has 0 amide bonds. The second-order valence-corrected chi connectivity index (χ2v) is 6.53. The van der Waals surface area contributed by atoms with Crippen molar-refractivity contribution in [3.8, 4) is 0 Å². The molecule has 0 aliphatic rings. The van der Waals surface area contributed by atoms with Crippen molar-refractivity contribution < 1.29 is 21.6 Å². The van der Waals surface area contributed by atoms with Crippen molar-refractivity contribution in [2.24, 2.45) is 5.73 Å². The Morgan fingerprint density at radius 3 is 2.33 bits per heavy atom. The highest BCUT2D eigenvalue weighted by molar-refractivity contribution is 7.89. The average molecular weight is 324 g/mol. The lowest BCUT2D eigenvalue weighted by Crippen LogP contribution is -2.36. The highest BCUT2D eigenvalue weighted by Gasteiger charge is 2.35. The Kier molecular flexibility index (Phi) is 5.77. The molecule has 8 heteroatoms. The second-order valence-electron chi connectivity index (χ2n) is 4.62. The molecule has 0 aromatic heterocycles. The summed E-state index contributed by atoms with van der Waals surface area (Å²) in [5.74, 6) is 0. The molecule has 0 aliphatic carbocycles. The number of rotatable bonds is 6. The van der Waals surface area contributed by atoms with Crippen LogP contribution >= 0.6 is 0 Å². The molecule has 0 heterocycles. The summed E-state index contributed by atoms with van der Waals surface area (Å²) in [6.07, 6.45) is -4.03. The van der Waals surface area contributed by atoms with Gasteiger partial charge in [0.05, 0.1) is 10.5 Å². The lowest BCUT2D eigenvalue weighted by atomic mass is 10.1. The number of hydrogen-bond donors (Lipinski definition) is 1. The summed E-state index contributed by atoms with van der Waals surface area (Å²) in [7, 11) is -3.99. The molecule has 21 heavy (non-hydrogen) atoms. The first-order valence-electron chi connectivity index (χ1n) is 6.53. The molecule has 0 unspecified atom stereocenters. The Balaban J connectivity index is 3.38. The van der Waals surface area contributed by atoms with E-state index in [4.69, 9.17) is 5.73 Å². The number of halogens is 3. The van der Waals surface area contributed by atoms with E-state index in [0.717, 1.165) is 16.4 Å². The third-order valence-electron chi connectivity index (χ3n) is 3.06. The molecule has 120 valence electrons. The lowest BCUT2D eigenvalue weighted by Gasteiger charge is -2.23. The summed E-state index contributed by atoms with van der Waals surface area (Å²) >= 11 is 0. The molecule has 0 aliphatic heterocycles. The first-order chi connectivity index (χ1) is 9.66. The second kappa shape index (κ2) is 6.76. The normalized spacial score (nSPS) is 12.9. The van der Waals surface area contributed by atoms with E-state index in [1.54, 1.807) is 6.92 Å². The highest BCUT2D eigenvalue weighted by atomic mass is 32.2. The van der Waals surface area contributed by atoms with Gasteiger partial charge in [0, 0.05) is 19.6 Å². The van der Waals surface area contributed by atoms with Crippen molar-refractivity contribution in [1.82, 2.24) is 4.31 Å². The van der Waals surface area contributed by atoms with Gasteiger partial charge in [0.1, 0.15) is 0 Å². The smallest absolute Gasteiger partial charge is 0.329 e. The summed E-state index contributed by atoms with van der Waals surface area (Å²) in [4.78, 5) is -0.320. The first kappa shape index (κ1) is 17.9. The predicted molar refractivity (Wildman–Crippen MR) is 74.3 cm³/mol. The number of alkyl halides is 3. The summed E-state index contributed by atoms with van der Waals surface area (Å²) in [6, 6.07) is 3.18. The molecule has 0 saturated heterocycles. The van der Waals surface area contributed by atoms with Crippen molar-refractivity contribution in [3.63, 3.8) is 0 Å². The van der Waals surface area contributed by atoms with E-state index < -0.39 is 21.8 Å². The van der Waals surface area contributed by atoms with Crippen LogP contribution in [0, 0.1) is 6.92 Å². The largest absolute Gasteiger partial charge is 0.416 e. The molecule has 0 saturated carbocycles. The summed E-state index contributed by atoms with van der Waals surface area (Å²) < 4.78 is 64.8. The van der Waals surface area contributed by atoms with Gasteiger partial charge in [-0.2, -0.15) is 17.5 Å². The fourth-order valence-corrected chi connectivity index (χ4v) is 3.88. The van der Waals surface area contributed by atoms with E-state index in [9.17, 15) is 21.6 Å². The van der Waals surface area contributed by atoms with E-state index in [2.05, 4.69) is 0 Å². The Bertz CT molecular complexity index is 580. The Hall–Kier alpha value is -1.12. The molecule has 0 fully saturated rings. The topological polar surface area (TPSA) is 63.4 Å². The van der Waals surface area contributed by atoms with Crippen LogP contribution in [-0.4, -0.2) is 32.4 Å². The van der Waals surface area contributed by atoms with Gasteiger partial charge in [0.25, 0.3) is 0 Å². The van der Waals surface area contributed by atoms with Crippen molar-refractivity contribution in [3.05, 3.63) is 29.3 Å². The summed E-state index contributed by atoms with van der Waals surface area (Å²) in [5.41, 5.74) is 4.16. The number of nitrogens with zero attached hydrogens (tertiary/aromatic N) is 1. The number of benzene rings is 1. The molecule has 0 radical (unpaired) electrons. The molecular weight excluding hydrogens is 305 g/mol. The van der Waals surface area contributed by atoms with Crippen molar-refractivity contribution in [2.45, 2.75) is 31.3 Å². The Labute approximate surface area is 122 Å². The average Bonchev–Trinajstić information content (AvgIpc) is 2.37. The minimum absolute atomic E-state index is 0.0753. The summed E-state index contributed by atoms with van der Waals surface area (Å²) in [6.45, 7) is 3.36. The fraction of sp³-hybridized carbons (Fsp3) is 0.538. The Morgan fingerprint density at radius 1 is 1.24 bits per heavy atom. The summed E-state index contributed by atoms with van der Waals surface area (Å²) in [5, 5.41) is 0. The SMILES string of the molecule is CCCN(CCN)S(=O)(=O)c1cccc(C(F)(F)F)c1C. The van der Waals surface area contributed by atoms with Crippen molar-refractivity contribution in [2.75, 3.05) is 19.6 Å². The van der Waals surface area contributed by atoms with Gasteiger partial charge in [0.15, 0.2) is 0 Å². The van der Waals surface area contributed by atoms with E-state index in [-0.39, 0.29) is 30.1 Å². The molecule has 1 aromatic rings. The zero-order valence-electron chi connectivity index (χ0n) is 11.9. The van der Waals surface area contributed by atoms with Gasteiger partial charge in [-0.25, -0.2) is 8.42 Å². The molecule has 0 bridgehead atoms.